The largest absolute Gasteiger partial charge is 0.310 e. The number of pyridine rings is 1. The predicted octanol–water partition coefficient (Wildman–Crippen LogP) is 5.62. The molecule has 2 aromatic carbocycles. The highest BCUT2D eigenvalue weighted by atomic mass is 32.2. The summed E-state index contributed by atoms with van der Waals surface area (Å²) in [5.41, 5.74) is 3.57. The van der Waals surface area contributed by atoms with E-state index in [1.165, 1.54) is 18.0 Å². The van der Waals surface area contributed by atoms with Crippen LogP contribution in [0.15, 0.2) is 65.6 Å². The molecule has 1 heterocycles. The molecule has 1 N–H and O–H groups in total. The third kappa shape index (κ3) is 3.71. The van der Waals surface area contributed by atoms with Crippen LogP contribution in [0.3, 0.4) is 0 Å². The maximum absolute atomic E-state index is 13.9. The zero-order valence-electron chi connectivity index (χ0n) is 13.0. The number of rotatable bonds is 4. The highest BCUT2D eigenvalue weighted by Gasteiger charge is 2.08. The normalized spacial score (nSPS) is 10.6. The van der Waals surface area contributed by atoms with Crippen molar-refractivity contribution in [3.05, 3.63) is 77.7 Å². The number of benzene rings is 2. The van der Waals surface area contributed by atoms with Gasteiger partial charge in [-0.05, 0) is 67.3 Å². The van der Waals surface area contributed by atoms with Crippen molar-refractivity contribution >= 4 is 17.8 Å². The molecular weight excluding hydrogens is 307 g/mol. The summed E-state index contributed by atoms with van der Waals surface area (Å²) in [5.74, 6) is 0.629. The molecule has 3 aromatic rings. The molecule has 0 saturated heterocycles. The molecule has 0 radical (unpaired) electrons. The Labute approximate surface area is 139 Å². The fraction of sp³-hybridized carbons (Fsp3) is 0.105. The Hall–Kier alpha value is -2.33. The summed E-state index contributed by atoms with van der Waals surface area (Å²) in [4.78, 5) is 5.47. The molecule has 0 atom stereocenters. The summed E-state index contributed by atoms with van der Waals surface area (Å²) in [6, 6.07) is 18.7. The zero-order chi connectivity index (χ0) is 16.2. The van der Waals surface area contributed by atoms with E-state index >= 15 is 0 Å². The minimum atomic E-state index is -0.196. The number of aromatic nitrogens is 1. The lowest BCUT2D eigenvalue weighted by Gasteiger charge is -2.10. The van der Waals surface area contributed by atoms with E-state index in [-0.39, 0.29) is 5.82 Å². The first kappa shape index (κ1) is 15.6. The van der Waals surface area contributed by atoms with E-state index in [1.54, 1.807) is 12.1 Å². The van der Waals surface area contributed by atoms with Crippen LogP contribution >= 0.6 is 11.9 Å². The van der Waals surface area contributed by atoms with Crippen molar-refractivity contribution < 1.29 is 4.39 Å². The summed E-state index contributed by atoms with van der Waals surface area (Å²) in [6.45, 7) is 3.96. The van der Waals surface area contributed by atoms with Gasteiger partial charge in [0, 0.05) is 16.2 Å². The van der Waals surface area contributed by atoms with Crippen LogP contribution < -0.4 is 4.72 Å². The van der Waals surface area contributed by atoms with Gasteiger partial charge in [0.05, 0.1) is 0 Å². The highest BCUT2D eigenvalue weighted by molar-refractivity contribution is 8.00. The molecule has 0 bridgehead atoms. The molecule has 0 saturated carbocycles. The first-order valence-corrected chi connectivity index (χ1v) is 8.17. The second-order valence-electron chi connectivity index (χ2n) is 5.32. The van der Waals surface area contributed by atoms with Crippen LogP contribution in [-0.4, -0.2) is 4.98 Å². The van der Waals surface area contributed by atoms with E-state index in [0.717, 1.165) is 27.5 Å². The molecule has 0 aliphatic heterocycles. The Morgan fingerprint density at radius 3 is 2.48 bits per heavy atom. The maximum Gasteiger partial charge on any atom is 0.136 e. The first-order chi connectivity index (χ1) is 11.1. The Morgan fingerprint density at radius 1 is 0.913 bits per heavy atom. The van der Waals surface area contributed by atoms with Gasteiger partial charge in [0.1, 0.15) is 11.6 Å². The van der Waals surface area contributed by atoms with Gasteiger partial charge in [-0.25, -0.2) is 9.37 Å². The lowest BCUT2D eigenvalue weighted by molar-refractivity contribution is 0.631. The smallest absolute Gasteiger partial charge is 0.136 e. The summed E-state index contributed by atoms with van der Waals surface area (Å²) in [5, 5.41) is 0. The molecule has 3 rings (SSSR count). The Balaban J connectivity index is 1.78. The topological polar surface area (TPSA) is 24.9 Å². The van der Waals surface area contributed by atoms with Gasteiger partial charge in [-0.1, -0.05) is 30.3 Å². The SMILES string of the molecule is Cc1cccc(NSc2ccc(-c3ccccc3F)c(C)c2)n1. The fourth-order valence-electron chi connectivity index (χ4n) is 2.39. The second kappa shape index (κ2) is 6.84. The van der Waals surface area contributed by atoms with Crippen LogP contribution in [0.1, 0.15) is 11.3 Å². The molecule has 116 valence electrons. The van der Waals surface area contributed by atoms with E-state index in [0.29, 0.717) is 5.56 Å². The van der Waals surface area contributed by atoms with Gasteiger partial charge in [0.15, 0.2) is 0 Å². The zero-order valence-corrected chi connectivity index (χ0v) is 13.8. The van der Waals surface area contributed by atoms with Gasteiger partial charge in [0.2, 0.25) is 0 Å². The standard InChI is InChI=1S/C19H17FN2S/c1-13-12-15(23-22-19-9-5-6-14(2)21-19)10-11-16(13)17-7-3-4-8-18(17)20/h3-12H,1-2H3,(H,21,22). The van der Waals surface area contributed by atoms with Gasteiger partial charge < -0.3 is 4.72 Å². The Morgan fingerprint density at radius 2 is 1.74 bits per heavy atom. The number of hydrogen-bond donors (Lipinski definition) is 1. The van der Waals surface area contributed by atoms with Crippen molar-refractivity contribution in [2.45, 2.75) is 18.7 Å². The molecule has 23 heavy (non-hydrogen) atoms. The molecule has 0 aliphatic carbocycles. The van der Waals surface area contributed by atoms with Gasteiger partial charge in [0.25, 0.3) is 0 Å². The minimum Gasteiger partial charge on any atom is -0.310 e. The molecular formula is C19H17FN2S. The van der Waals surface area contributed by atoms with Crippen LogP contribution in [0.2, 0.25) is 0 Å². The van der Waals surface area contributed by atoms with Crippen LogP contribution in [0.5, 0.6) is 0 Å². The molecule has 0 unspecified atom stereocenters. The van der Waals surface area contributed by atoms with Gasteiger partial charge in [-0.15, -0.1) is 0 Å². The number of anilines is 1. The van der Waals surface area contributed by atoms with Crippen LogP contribution in [0.4, 0.5) is 10.2 Å². The van der Waals surface area contributed by atoms with Crippen molar-refractivity contribution in [1.82, 2.24) is 4.98 Å². The number of aryl methyl sites for hydroxylation is 2. The van der Waals surface area contributed by atoms with E-state index in [1.807, 2.05) is 50.2 Å². The third-order valence-corrected chi connectivity index (χ3v) is 4.32. The summed E-state index contributed by atoms with van der Waals surface area (Å²) >= 11 is 1.50. The van der Waals surface area contributed by atoms with Crippen molar-refractivity contribution in [2.24, 2.45) is 0 Å². The molecule has 0 spiro atoms. The Kier molecular flexibility index (Phi) is 4.63. The minimum absolute atomic E-state index is 0.196. The predicted molar refractivity (Wildman–Crippen MR) is 95.0 cm³/mol. The average molecular weight is 324 g/mol. The monoisotopic (exact) mass is 324 g/mol. The number of halogens is 1. The van der Waals surface area contributed by atoms with E-state index in [2.05, 4.69) is 15.8 Å². The summed E-state index contributed by atoms with van der Waals surface area (Å²) in [7, 11) is 0. The lowest BCUT2D eigenvalue weighted by atomic mass is 10.0. The fourth-order valence-corrected chi connectivity index (χ4v) is 3.10. The van der Waals surface area contributed by atoms with E-state index < -0.39 is 0 Å². The summed E-state index contributed by atoms with van der Waals surface area (Å²) in [6.07, 6.45) is 0. The molecule has 4 heteroatoms. The van der Waals surface area contributed by atoms with Crippen LogP contribution in [0, 0.1) is 19.7 Å². The molecule has 0 amide bonds. The number of nitrogens with zero attached hydrogens (tertiary/aromatic N) is 1. The van der Waals surface area contributed by atoms with Crippen LogP contribution in [0.25, 0.3) is 11.1 Å². The summed E-state index contributed by atoms with van der Waals surface area (Å²) < 4.78 is 17.2. The molecule has 0 fully saturated rings. The van der Waals surface area contributed by atoms with Gasteiger partial charge in [-0.2, -0.15) is 0 Å². The second-order valence-corrected chi connectivity index (χ2v) is 6.20. The molecule has 1 aromatic heterocycles. The number of nitrogens with one attached hydrogen (secondary N) is 1. The molecule has 0 aliphatic rings. The van der Waals surface area contributed by atoms with Crippen molar-refractivity contribution in [2.75, 3.05) is 4.72 Å². The Bertz CT molecular complexity index is 833. The molecule has 2 nitrogen and oxygen atoms in total. The van der Waals surface area contributed by atoms with Crippen molar-refractivity contribution in [1.29, 1.82) is 0 Å². The highest BCUT2D eigenvalue weighted by Crippen LogP contribution is 2.29. The van der Waals surface area contributed by atoms with Gasteiger partial charge in [-0.3, -0.25) is 0 Å². The van der Waals surface area contributed by atoms with Gasteiger partial charge >= 0.3 is 0 Å². The lowest BCUT2D eigenvalue weighted by Crippen LogP contribution is -1.93. The van der Waals surface area contributed by atoms with Crippen LogP contribution in [-0.2, 0) is 0 Å². The first-order valence-electron chi connectivity index (χ1n) is 7.35. The maximum atomic E-state index is 13.9. The van der Waals surface area contributed by atoms with Crippen molar-refractivity contribution in [3.63, 3.8) is 0 Å². The quantitative estimate of drug-likeness (QED) is 0.630. The van der Waals surface area contributed by atoms with Crippen molar-refractivity contribution in [3.8, 4) is 11.1 Å². The van der Waals surface area contributed by atoms with E-state index in [9.17, 15) is 4.39 Å². The number of hydrogen-bond acceptors (Lipinski definition) is 3. The average Bonchev–Trinajstić information content (AvgIpc) is 2.54. The third-order valence-electron chi connectivity index (χ3n) is 3.52. The van der Waals surface area contributed by atoms with E-state index in [4.69, 9.17) is 0 Å².